The molecule has 0 saturated heterocycles. The zero-order valence-corrected chi connectivity index (χ0v) is 21.3. The number of aliphatic hydroxyl groups is 1. The van der Waals surface area contributed by atoms with Crippen LogP contribution in [0, 0.1) is 52.3 Å². The van der Waals surface area contributed by atoms with Gasteiger partial charge in [0.2, 0.25) is 5.91 Å². The summed E-state index contributed by atoms with van der Waals surface area (Å²) < 4.78 is 31.7. The molecule has 0 spiro atoms. The normalized spacial score (nSPS) is 45.7. The lowest BCUT2D eigenvalue weighted by atomic mass is 9.43. The Labute approximate surface area is 207 Å². The average Bonchev–Trinajstić information content (AvgIpc) is 3.53. The van der Waals surface area contributed by atoms with Gasteiger partial charge < -0.3 is 10.2 Å². The van der Waals surface area contributed by atoms with Crippen LogP contribution in [0.3, 0.4) is 0 Å². The summed E-state index contributed by atoms with van der Waals surface area (Å²) in [6.45, 7) is 6.41. The van der Waals surface area contributed by atoms with Crippen molar-refractivity contribution in [2.75, 3.05) is 0 Å². The topological polar surface area (TPSA) is 87.0 Å². The summed E-state index contributed by atoms with van der Waals surface area (Å²) in [5.74, 6) is -5.00. The molecule has 5 rings (SSSR count). The fourth-order valence-electron chi connectivity index (χ4n) is 9.38. The quantitative estimate of drug-likeness (QED) is 0.478. The minimum absolute atomic E-state index is 0.0135. The van der Waals surface area contributed by atoms with E-state index in [1.54, 1.807) is 0 Å². The number of carboxylic acid groups (broad SMARTS) is 1. The predicted molar refractivity (Wildman–Crippen MR) is 128 cm³/mol. The molecule has 5 fully saturated rings. The van der Waals surface area contributed by atoms with Gasteiger partial charge in [-0.2, -0.15) is 0 Å². The second kappa shape index (κ2) is 8.59. The Hall–Kier alpha value is -1.37. The number of alkyl halides is 2. The molecule has 0 heterocycles. The Morgan fingerprint density at radius 3 is 2.31 bits per heavy atom. The molecule has 1 amide bonds. The third-order valence-electron chi connectivity index (χ3n) is 11.3. The van der Waals surface area contributed by atoms with E-state index in [0.717, 1.165) is 44.9 Å². The number of aliphatic imine (C=N–C) groups is 1. The second-order valence-corrected chi connectivity index (χ2v) is 13.2. The monoisotopic (exact) mass is 493 g/mol. The van der Waals surface area contributed by atoms with Crippen molar-refractivity contribution in [2.45, 2.75) is 103 Å². The molecule has 0 aromatic heterocycles. The number of carbonyl (C=O) groups is 2. The third kappa shape index (κ3) is 4.18. The molecule has 0 aliphatic heterocycles. The van der Waals surface area contributed by atoms with Crippen molar-refractivity contribution in [1.29, 1.82) is 0 Å². The van der Waals surface area contributed by atoms with Gasteiger partial charge in [0.25, 0.3) is 5.92 Å². The van der Waals surface area contributed by atoms with Gasteiger partial charge in [-0.1, -0.05) is 20.8 Å². The van der Waals surface area contributed by atoms with Crippen molar-refractivity contribution in [3.63, 3.8) is 0 Å². The molecular formula is C28H41F2NO4. The van der Waals surface area contributed by atoms with Gasteiger partial charge in [-0.25, -0.2) is 18.6 Å². The van der Waals surface area contributed by atoms with Crippen molar-refractivity contribution >= 4 is 17.6 Å². The zero-order chi connectivity index (χ0) is 25.3. The van der Waals surface area contributed by atoms with Crippen LogP contribution in [0.4, 0.5) is 8.78 Å². The number of rotatable bonds is 5. The van der Waals surface area contributed by atoms with E-state index in [1.807, 2.05) is 6.92 Å². The molecule has 2 N–H and O–H groups in total. The zero-order valence-electron chi connectivity index (χ0n) is 21.3. The van der Waals surface area contributed by atoms with E-state index in [1.165, 1.54) is 0 Å². The molecule has 5 nitrogen and oxygen atoms in total. The molecule has 0 bridgehead atoms. The lowest BCUT2D eigenvalue weighted by Crippen LogP contribution is -2.61. The maximum absolute atomic E-state index is 15.8. The molecule has 9 atom stereocenters. The SMILES string of the molecule is C[C@H](CC(=O)N=C(C(=O)O)C1CC1)[C@H]1CCC2C3C(CC[C@@]21C)[C@@]1(C)CC[C@@H](O)C[C@H]1CC3(F)F. The highest BCUT2D eigenvalue weighted by molar-refractivity contribution is 6.38. The summed E-state index contributed by atoms with van der Waals surface area (Å²) in [5, 5.41) is 19.6. The largest absolute Gasteiger partial charge is 0.477 e. The maximum Gasteiger partial charge on any atom is 0.350 e. The van der Waals surface area contributed by atoms with Crippen LogP contribution in [0.25, 0.3) is 0 Å². The summed E-state index contributed by atoms with van der Waals surface area (Å²) in [5.41, 5.74) is -0.380. The van der Waals surface area contributed by atoms with E-state index in [4.69, 9.17) is 0 Å². The van der Waals surface area contributed by atoms with Gasteiger partial charge in [-0.05, 0) is 98.2 Å². The summed E-state index contributed by atoms with van der Waals surface area (Å²) in [7, 11) is 0. The number of fused-ring (bicyclic) bond motifs is 5. The fraction of sp³-hybridized carbons (Fsp3) is 0.893. The highest BCUT2D eigenvalue weighted by Crippen LogP contribution is 2.71. The summed E-state index contributed by atoms with van der Waals surface area (Å²) in [4.78, 5) is 28.1. The summed E-state index contributed by atoms with van der Waals surface area (Å²) in [6.07, 6.45) is 6.50. The van der Waals surface area contributed by atoms with Crippen LogP contribution < -0.4 is 0 Å². The number of carboxylic acids is 1. The van der Waals surface area contributed by atoms with E-state index >= 15 is 8.78 Å². The standard InChI is InChI=1S/C28H41F2NO4/c1-15(12-22(33)31-24(25(34)35)16-4-5-16)19-6-7-20-23-21(9-11-27(19,20)3)26(2)10-8-18(32)13-17(26)14-28(23,29)30/h15-21,23,32H,4-14H2,1-3H3,(H,34,35)/t15-,17+,18-,19-,20?,21?,23?,26+,27-/m1/s1. The second-order valence-electron chi connectivity index (χ2n) is 13.2. The lowest BCUT2D eigenvalue weighted by molar-refractivity contribution is -0.238. The molecule has 7 heteroatoms. The van der Waals surface area contributed by atoms with Crippen LogP contribution in [0.1, 0.15) is 91.4 Å². The highest BCUT2D eigenvalue weighted by atomic mass is 19.3. The molecule has 5 saturated carbocycles. The van der Waals surface area contributed by atoms with Crippen LogP contribution in [0.5, 0.6) is 0 Å². The van der Waals surface area contributed by atoms with E-state index in [0.29, 0.717) is 12.8 Å². The van der Waals surface area contributed by atoms with Gasteiger partial charge in [0, 0.05) is 24.7 Å². The number of halogens is 2. The first kappa shape index (κ1) is 25.3. The molecule has 0 radical (unpaired) electrons. The van der Waals surface area contributed by atoms with E-state index in [9.17, 15) is 19.8 Å². The van der Waals surface area contributed by atoms with Crippen molar-refractivity contribution in [3.8, 4) is 0 Å². The van der Waals surface area contributed by atoms with E-state index in [-0.39, 0.29) is 70.8 Å². The van der Waals surface area contributed by atoms with Crippen molar-refractivity contribution < 1.29 is 28.6 Å². The van der Waals surface area contributed by atoms with E-state index in [2.05, 4.69) is 18.8 Å². The number of nitrogens with zero attached hydrogens (tertiary/aromatic N) is 1. The predicted octanol–water partition coefficient (Wildman–Crippen LogP) is 5.74. The molecule has 3 unspecified atom stereocenters. The third-order valence-corrected chi connectivity index (χ3v) is 11.3. The number of hydrogen-bond donors (Lipinski definition) is 2. The van der Waals surface area contributed by atoms with Gasteiger partial charge >= 0.3 is 5.97 Å². The molecular weight excluding hydrogens is 452 g/mol. The summed E-state index contributed by atoms with van der Waals surface area (Å²) in [6, 6.07) is 0. The van der Waals surface area contributed by atoms with Crippen LogP contribution >= 0.6 is 0 Å². The number of carbonyl (C=O) groups excluding carboxylic acids is 1. The van der Waals surface area contributed by atoms with E-state index < -0.39 is 23.9 Å². The minimum Gasteiger partial charge on any atom is -0.477 e. The number of aliphatic carboxylic acids is 1. The van der Waals surface area contributed by atoms with Crippen molar-refractivity contribution in [1.82, 2.24) is 0 Å². The molecule has 196 valence electrons. The number of aliphatic hydroxyl groups excluding tert-OH is 1. The molecule has 5 aliphatic rings. The Morgan fingerprint density at radius 1 is 1.00 bits per heavy atom. The highest BCUT2D eigenvalue weighted by Gasteiger charge is 2.68. The first-order chi connectivity index (χ1) is 16.4. The minimum atomic E-state index is -2.73. The Morgan fingerprint density at radius 2 is 1.66 bits per heavy atom. The first-order valence-electron chi connectivity index (χ1n) is 13.8. The Kier molecular flexibility index (Phi) is 6.21. The average molecular weight is 494 g/mol. The van der Waals surface area contributed by atoms with Crippen LogP contribution in [0.15, 0.2) is 4.99 Å². The number of hydrogen-bond acceptors (Lipinski definition) is 3. The van der Waals surface area contributed by atoms with Gasteiger partial charge in [0.1, 0.15) is 5.71 Å². The van der Waals surface area contributed by atoms with Crippen LogP contribution in [0.2, 0.25) is 0 Å². The fourth-order valence-corrected chi connectivity index (χ4v) is 9.38. The summed E-state index contributed by atoms with van der Waals surface area (Å²) >= 11 is 0. The molecule has 0 aromatic rings. The number of amides is 1. The van der Waals surface area contributed by atoms with Gasteiger partial charge in [0.05, 0.1) is 6.10 Å². The lowest BCUT2D eigenvalue weighted by Gasteiger charge is -2.63. The van der Waals surface area contributed by atoms with Crippen molar-refractivity contribution in [3.05, 3.63) is 0 Å². The molecule has 0 aromatic carbocycles. The van der Waals surface area contributed by atoms with Gasteiger partial charge in [-0.3, -0.25) is 4.79 Å². The Bertz CT molecular complexity index is 917. The maximum atomic E-state index is 15.8. The first-order valence-corrected chi connectivity index (χ1v) is 13.8. The molecule has 5 aliphatic carbocycles. The smallest absolute Gasteiger partial charge is 0.350 e. The van der Waals surface area contributed by atoms with Crippen LogP contribution in [-0.2, 0) is 9.59 Å². The molecule has 35 heavy (non-hydrogen) atoms. The van der Waals surface area contributed by atoms with Gasteiger partial charge in [0.15, 0.2) is 0 Å². The van der Waals surface area contributed by atoms with Crippen molar-refractivity contribution in [2.24, 2.45) is 57.2 Å². The van der Waals surface area contributed by atoms with Crippen LogP contribution in [-0.4, -0.2) is 39.8 Å². The Balaban J connectivity index is 1.34. The van der Waals surface area contributed by atoms with Gasteiger partial charge in [-0.15, -0.1) is 0 Å².